The second-order valence-corrected chi connectivity index (χ2v) is 9.73. The molecule has 2 aromatic carbocycles. The highest BCUT2D eigenvalue weighted by Crippen LogP contribution is 2.26. The molecule has 1 aromatic heterocycles. The van der Waals surface area contributed by atoms with Crippen LogP contribution in [-0.4, -0.2) is 41.7 Å². The van der Waals surface area contributed by atoms with E-state index in [9.17, 15) is 22.4 Å². The van der Waals surface area contributed by atoms with Crippen LogP contribution in [0.5, 0.6) is 0 Å². The van der Waals surface area contributed by atoms with E-state index in [0.717, 1.165) is 6.07 Å². The van der Waals surface area contributed by atoms with E-state index in [2.05, 4.69) is 9.97 Å². The predicted molar refractivity (Wildman–Crippen MR) is 115 cm³/mol. The Morgan fingerprint density at radius 1 is 1.22 bits per heavy atom. The van der Waals surface area contributed by atoms with E-state index in [1.807, 2.05) is 0 Å². The average Bonchev–Trinajstić information content (AvgIpc) is 2.77. The lowest BCUT2D eigenvalue weighted by atomic mass is 9.98. The third-order valence-corrected chi connectivity index (χ3v) is 7.48. The first-order chi connectivity index (χ1) is 15.3. The van der Waals surface area contributed by atoms with Crippen molar-refractivity contribution in [2.45, 2.75) is 24.3 Å². The number of carbonyl (C=O) groups is 1. The van der Waals surface area contributed by atoms with Crippen molar-refractivity contribution < 1.29 is 22.3 Å². The molecule has 1 N–H and O–H groups in total. The van der Waals surface area contributed by atoms with Crippen LogP contribution in [0.2, 0.25) is 5.02 Å². The maximum atomic E-state index is 13.9. The van der Waals surface area contributed by atoms with Crippen LogP contribution in [0.4, 0.5) is 4.39 Å². The predicted octanol–water partition coefficient (Wildman–Crippen LogP) is 2.86. The number of piperidine rings is 1. The Balaban J connectivity index is 1.38. The van der Waals surface area contributed by atoms with E-state index in [-0.39, 0.29) is 48.8 Å². The minimum Gasteiger partial charge on any atom is -0.457 e. The van der Waals surface area contributed by atoms with Gasteiger partial charge in [-0.1, -0.05) is 23.7 Å². The Kier molecular flexibility index (Phi) is 6.27. The topological polar surface area (TPSA) is 109 Å². The third kappa shape index (κ3) is 4.52. The molecule has 1 saturated heterocycles. The number of H-pyrrole nitrogens is 1. The highest BCUT2D eigenvalue weighted by molar-refractivity contribution is 7.89. The number of aromatic amines is 1. The fraction of sp³-hybridized carbons (Fsp3) is 0.286. The molecule has 0 saturated carbocycles. The molecule has 1 fully saturated rings. The number of halogens is 2. The Morgan fingerprint density at radius 3 is 2.66 bits per heavy atom. The number of esters is 1. The van der Waals surface area contributed by atoms with Gasteiger partial charge in [-0.2, -0.15) is 4.31 Å². The summed E-state index contributed by atoms with van der Waals surface area (Å²) in [6.45, 7) is -0.0930. The van der Waals surface area contributed by atoms with Gasteiger partial charge in [-0.05, 0) is 43.2 Å². The molecule has 2 heterocycles. The van der Waals surface area contributed by atoms with Crippen molar-refractivity contribution in [3.8, 4) is 0 Å². The lowest BCUT2D eigenvalue weighted by Crippen LogP contribution is -2.40. The highest BCUT2D eigenvalue weighted by Gasteiger charge is 2.34. The van der Waals surface area contributed by atoms with Crippen molar-refractivity contribution in [2.75, 3.05) is 13.1 Å². The maximum absolute atomic E-state index is 13.9. The van der Waals surface area contributed by atoms with Crippen LogP contribution in [-0.2, 0) is 26.2 Å². The quantitative estimate of drug-likeness (QED) is 0.563. The summed E-state index contributed by atoms with van der Waals surface area (Å²) in [4.78, 5) is 31.1. The zero-order valence-corrected chi connectivity index (χ0v) is 18.3. The van der Waals surface area contributed by atoms with Gasteiger partial charge in [0.2, 0.25) is 10.0 Å². The molecule has 0 amide bonds. The maximum Gasteiger partial charge on any atom is 0.309 e. The summed E-state index contributed by atoms with van der Waals surface area (Å²) < 4.78 is 45.8. The third-order valence-electron chi connectivity index (χ3n) is 5.31. The zero-order valence-electron chi connectivity index (χ0n) is 16.8. The highest BCUT2D eigenvalue weighted by atomic mass is 35.5. The van der Waals surface area contributed by atoms with Crippen molar-refractivity contribution in [2.24, 2.45) is 5.92 Å². The molecule has 11 heteroatoms. The Bertz CT molecular complexity index is 1340. The van der Waals surface area contributed by atoms with E-state index in [4.69, 9.17) is 16.3 Å². The number of fused-ring (bicyclic) bond motifs is 1. The summed E-state index contributed by atoms with van der Waals surface area (Å²) in [7, 11) is -3.98. The van der Waals surface area contributed by atoms with Crippen LogP contribution >= 0.6 is 11.6 Å². The van der Waals surface area contributed by atoms with E-state index >= 15 is 0 Å². The average molecular weight is 480 g/mol. The summed E-state index contributed by atoms with van der Waals surface area (Å²) in [5.41, 5.74) is 0.0170. The molecule has 1 aliphatic heterocycles. The van der Waals surface area contributed by atoms with Crippen molar-refractivity contribution in [3.05, 3.63) is 69.5 Å². The van der Waals surface area contributed by atoms with Crippen molar-refractivity contribution >= 4 is 38.5 Å². The first-order valence-electron chi connectivity index (χ1n) is 9.85. The van der Waals surface area contributed by atoms with Crippen molar-refractivity contribution in [1.29, 1.82) is 0 Å². The SMILES string of the molecule is O=C(OCc1nc2cc(Cl)ccc2c(=O)[nH]1)C1CCN(S(=O)(=O)c2ccccc2F)CC1. The Morgan fingerprint density at radius 2 is 1.94 bits per heavy atom. The van der Waals surface area contributed by atoms with Gasteiger partial charge in [-0.3, -0.25) is 9.59 Å². The molecule has 0 radical (unpaired) electrons. The van der Waals surface area contributed by atoms with Gasteiger partial charge in [-0.15, -0.1) is 0 Å². The van der Waals surface area contributed by atoms with Crippen LogP contribution in [0.25, 0.3) is 10.9 Å². The van der Waals surface area contributed by atoms with Gasteiger partial charge in [0.15, 0.2) is 0 Å². The van der Waals surface area contributed by atoms with Crippen LogP contribution in [0.1, 0.15) is 18.7 Å². The van der Waals surface area contributed by atoms with Gasteiger partial charge in [0, 0.05) is 18.1 Å². The smallest absolute Gasteiger partial charge is 0.309 e. The monoisotopic (exact) mass is 479 g/mol. The van der Waals surface area contributed by atoms with Crippen LogP contribution in [0, 0.1) is 11.7 Å². The number of benzene rings is 2. The second kappa shape index (κ2) is 8.97. The molecule has 8 nitrogen and oxygen atoms in total. The molecule has 32 heavy (non-hydrogen) atoms. The minimum atomic E-state index is -3.98. The van der Waals surface area contributed by atoms with Crippen molar-refractivity contribution in [3.63, 3.8) is 0 Å². The fourth-order valence-electron chi connectivity index (χ4n) is 3.61. The molecule has 0 unspecified atom stereocenters. The molecule has 1 aliphatic rings. The second-order valence-electron chi connectivity index (χ2n) is 7.39. The lowest BCUT2D eigenvalue weighted by Gasteiger charge is -2.30. The molecule has 0 aliphatic carbocycles. The van der Waals surface area contributed by atoms with Gasteiger partial charge in [0.1, 0.15) is 23.1 Å². The largest absolute Gasteiger partial charge is 0.457 e. The number of nitrogens with one attached hydrogen (secondary N) is 1. The van der Waals surface area contributed by atoms with Gasteiger partial charge in [0.05, 0.1) is 16.8 Å². The van der Waals surface area contributed by atoms with Gasteiger partial charge < -0.3 is 9.72 Å². The number of aromatic nitrogens is 2. The number of nitrogens with zero attached hydrogens (tertiary/aromatic N) is 2. The molecular formula is C21H19ClFN3O5S. The summed E-state index contributed by atoms with van der Waals surface area (Å²) in [5, 5.41) is 0.795. The number of rotatable bonds is 5. The summed E-state index contributed by atoms with van der Waals surface area (Å²) in [5.74, 6) is -1.66. The number of sulfonamides is 1. The van der Waals surface area contributed by atoms with Crippen LogP contribution in [0.15, 0.2) is 52.2 Å². The van der Waals surface area contributed by atoms with Crippen molar-refractivity contribution in [1.82, 2.24) is 14.3 Å². The lowest BCUT2D eigenvalue weighted by molar-refractivity contribution is -0.151. The fourth-order valence-corrected chi connectivity index (χ4v) is 5.31. The van der Waals surface area contributed by atoms with E-state index < -0.39 is 27.7 Å². The van der Waals surface area contributed by atoms with E-state index in [1.54, 1.807) is 18.2 Å². The number of ether oxygens (including phenoxy) is 1. The molecule has 0 atom stereocenters. The molecule has 0 bridgehead atoms. The zero-order chi connectivity index (χ0) is 22.9. The molecule has 0 spiro atoms. The standard InChI is InChI=1S/C21H19ClFN3O5S/c22-14-5-6-15-17(11-14)24-19(25-20(15)27)12-31-21(28)13-7-9-26(10-8-13)32(29,30)18-4-2-1-3-16(18)23/h1-6,11,13H,7-10,12H2,(H,24,25,27). The summed E-state index contributed by atoms with van der Waals surface area (Å²) >= 11 is 5.94. The number of hydrogen-bond donors (Lipinski definition) is 1. The molecular weight excluding hydrogens is 461 g/mol. The number of carbonyl (C=O) groups excluding carboxylic acids is 1. The van der Waals surface area contributed by atoms with Gasteiger partial charge in [0.25, 0.3) is 5.56 Å². The first kappa shape index (κ1) is 22.4. The van der Waals surface area contributed by atoms with Gasteiger partial charge in [-0.25, -0.2) is 17.8 Å². The Hall–Kier alpha value is -2.82. The summed E-state index contributed by atoms with van der Waals surface area (Å²) in [6, 6.07) is 9.87. The van der Waals surface area contributed by atoms with Crippen LogP contribution in [0.3, 0.4) is 0 Å². The Labute approximate surface area is 188 Å². The normalized spacial score (nSPS) is 15.7. The molecule has 3 aromatic rings. The molecule has 4 rings (SSSR count). The van der Waals surface area contributed by atoms with E-state index in [1.165, 1.54) is 22.5 Å². The first-order valence-corrected chi connectivity index (χ1v) is 11.7. The number of hydrogen-bond acceptors (Lipinski definition) is 6. The van der Waals surface area contributed by atoms with Crippen LogP contribution < -0.4 is 5.56 Å². The van der Waals surface area contributed by atoms with E-state index in [0.29, 0.717) is 15.9 Å². The van der Waals surface area contributed by atoms with Gasteiger partial charge >= 0.3 is 5.97 Å². The minimum absolute atomic E-state index is 0.0694. The summed E-state index contributed by atoms with van der Waals surface area (Å²) in [6.07, 6.45) is 0.480. The molecule has 168 valence electrons.